The van der Waals surface area contributed by atoms with Crippen molar-refractivity contribution >= 4 is 40.5 Å². The molecule has 0 aliphatic rings. The van der Waals surface area contributed by atoms with E-state index in [1.54, 1.807) is 48.6 Å². The van der Waals surface area contributed by atoms with Crippen molar-refractivity contribution in [2.24, 2.45) is 0 Å². The Kier molecular flexibility index (Phi) is 6.11. The van der Waals surface area contributed by atoms with E-state index in [1.165, 1.54) is 18.2 Å². The molecule has 0 spiro atoms. The number of hydrogen-bond acceptors (Lipinski definition) is 4. The standard InChI is InChI=1S/C26H17ClO4/c27-20-11-5-18(6-12-20)7-13-21(28)14-8-19-9-15-22(16-10-19)30-25-17-26(29)31-24-4-2-1-3-23(24)25/h1-17H/b13-7+,14-8+. The van der Waals surface area contributed by atoms with Gasteiger partial charge < -0.3 is 9.15 Å². The molecule has 0 radical (unpaired) electrons. The number of hydrogen-bond donors (Lipinski definition) is 0. The average Bonchev–Trinajstić information content (AvgIpc) is 2.78. The first-order valence-corrected chi connectivity index (χ1v) is 9.91. The predicted molar refractivity (Wildman–Crippen MR) is 124 cm³/mol. The molecule has 31 heavy (non-hydrogen) atoms. The smallest absolute Gasteiger partial charge is 0.339 e. The molecular formula is C26H17ClO4. The van der Waals surface area contributed by atoms with Gasteiger partial charge in [-0.25, -0.2) is 4.79 Å². The van der Waals surface area contributed by atoms with Crippen LogP contribution in [0.25, 0.3) is 23.1 Å². The SMILES string of the molecule is O=C(/C=C/c1ccc(Cl)cc1)/C=C/c1ccc(Oc2cc(=O)oc3ccccc23)cc1. The molecule has 1 aromatic heterocycles. The van der Waals surface area contributed by atoms with E-state index in [9.17, 15) is 9.59 Å². The first-order chi connectivity index (χ1) is 15.1. The van der Waals surface area contributed by atoms with Crippen LogP contribution in [0.5, 0.6) is 11.5 Å². The molecule has 0 saturated carbocycles. The lowest BCUT2D eigenvalue weighted by molar-refractivity contribution is -0.110. The molecule has 0 atom stereocenters. The number of carbonyl (C=O) groups excluding carboxylic acids is 1. The van der Waals surface area contributed by atoms with Gasteiger partial charge in [-0.1, -0.05) is 60.2 Å². The van der Waals surface area contributed by atoms with Gasteiger partial charge in [-0.05, 0) is 59.7 Å². The van der Waals surface area contributed by atoms with Crippen LogP contribution < -0.4 is 10.4 Å². The summed E-state index contributed by atoms with van der Waals surface area (Å²) in [6, 6.07) is 22.9. The first-order valence-electron chi connectivity index (χ1n) is 9.53. The second-order valence-corrected chi connectivity index (χ2v) is 7.15. The zero-order valence-electron chi connectivity index (χ0n) is 16.3. The molecule has 0 saturated heterocycles. The van der Waals surface area contributed by atoms with Crippen LogP contribution in [-0.4, -0.2) is 5.78 Å². The maximum atomic E-state index is 12.1. The molecule has 4 rings (SSSR count). The minimum atomic E-state index is -0.474. The topological polar surface area (TPSA) is 56.5 Å². The van der Waals surface area contributed by atoms with Crippen LogP contribution in [-0.2, 0) is 4.79 Å². The summed E-state index contributed by atoms with van der Waals surface area (Å²) in [5.74, 6) is 0.872. The van der Waals surface area contributed by atoms with Crippen LogP contribution in [0.4, 0.5) is 0 Å². The number of para-hydroxylation sites is 1. The summed E-state index contributed by atoms with van der Waals surface area (Å²) in [7, 11) is 0. The number of allylic oxidation sites excluding steroid dienone is 2. The van der Waals surface area contributed by atoms with Gasteiger partial charge >= 0.3 is 5.63 Å². The Bertz CT molecular complexity index is 1330. The molecule has 0 unspecified atom stereocenters. The highest BCUT2D eigenvalue weighted by molar-refractivity contribution is 6.30. The van der Waals surface area contributed by atoms with E-state index in [0.29, 0.717) is 27.5 Å². The van der Waals surface area contributed by atoms with E-state index in [4.69, 9.17) is 20.8 Å². The normalized spacial score (nSPS) is 11.4. The lowest BCUT2D eigenvalue weighted by atomic mass is 10.1. The van der Waals surface area contributed by atoms with E-state index in [2.05, 4.69) is 0 Å². The molecule has 4 nitrogen and oxygen atoms in total. The van der Waals surface area contributed by atoms with Gasteiger partial charge in [0.25, 0.3) is 0 Å². The van der Waals surface area contributed by atoms with Crippen LogP contribution in [0.1, 0.15) is 11.1 Å². The third-order valence-corrected chi connectivity index (χ3v) is 4.72. The lowest BCUT2D eigenvalue weighted by Crippen LogP contribution is -1.98. The highest BCUT2D eigenvalue weighted by Crippen LogP contribution is 2.28. The summed E-state index contributed by atoms with van der Waals surface area (Å²) in [6.45, 7) is 0. The van der Waals surface area contributed by atoms with Crippen LogP contribution in [0.2, 0.25) is 5.02 Å². The Balaban J connectivity index is 1.43. The van der Waals surface area contributed by atoms with Crippen molar-refractivity contribution in [3.8, 4) is 11.5 Å². The monoisotopic (exact) mass is 428 g/mol. The molecule has 1 heterocycles. The third kappa shape index (κ3) is 5.38. The van der Waals surface area contributed by atoms with Gasteiger partial charge in [0.1, 0.15) is 17.1 Å². The molecule has 0 aliphatic carbocycles. The van der Waals surface area contributed by atoms with E-state index in [-0.39, 0.29) is 5.78 Å². The Morgan fingerprint density at radius 2 is 1.45 bits per heavy atom. The van der Waals surface area contributed by atoms with Crippen molar-refractivity contribution in [2.45, 2.75) is 0 Å². The summed E-state index contributed by atoms with van der Waals surface area (Å²) in [4.78, 5) is 23.8. The Morgan fingerprint density at radius 1 is 0.839 bits per heavy atom. The summed E-state index contributed by atoms with van der Waals surface area (Å²) in [6.07, 6.45) is 6.47. The minimum Gasteiger partial charge on any atom is -0.456 e. The number of ketones is 1. The molecular weight excluding hydrogens is 412 g/mol. The summed E-state index contributed by atoms with van der Waals surface area (Å²) >= 11 is 5.85. The fourth-order valence-corrected chi connectivity index (χ4v) is 3.05. The van der Waals surface area contributed by atoms with Crippen molar-refractivity contribution in [2.75, 3.05) is 0 Å². The molecule has 0 aliphatic heterocycles. The molecule has 4 aromatic rings. The number of ether oxygens (including phenoxy) is 1. The molecule has 152 valence electrons. The van der Waals surface area contributed by atoms with Gasteiger partial charge in [-0.3, -0.25) is 4.79 Å². The van der Waals surface area contributed by atoms with Crippen LogP contribution in [0.3, 0.4) is 0 Å². The Labute approximate surface area is 183 Å². The Hall–Kier alpha value is -3.89. The number of halogens is 1. The lowest BCUT2D eigenvalue weighted by Gasteiger charge is -2.08. The van der Waals surface area contributed by atoms with E-state index >= 15 is 0 Å². The molecule has 0 N–H and O–H groups in total. The third-order valence-electron chi connectivity index (χ3n) is 4.47. The van der Waals surface area contributed by atoms with Gasteiger partial charge in [-0.15, -0.1) is 0 Å². The minimum absolute atomic E-state index is 0.127. The molecule has 0 bridgehead atoms. The van der Waals surface area contributed by atoms with Gasteiger partial charge in [-0.2, -0.15) is 0 Å². The predicted octanol–water partition coefficient (Wildman–Crippen LogP) is 6.53. The van der Waals surface area contributed by atoms with Crippen molar-refractivity contribution < 1.29 is 13.9 Å². The van der Waals surface area contributed by atoms with Gasteiger partial charge in [0.15, 0.2) is 5.78 Å². The second kappa shape index (κ2) is 9.28. The maximum Gasteiger partial charge on any atom is 0.339 e. The largest absolute Gasteiger partial charge is 0.456 e. The van der Waals surface area contributed by atoms with Gasteiger partial charge in [0, 0.05) is 5.02 Å². The second-order valence-electron chi connectivity index (χ2n) is 6.72. The van der Waals surface area contributed by atoms with E-state index in [0.717, 1.165) is 11.1 Å². The average molecular weight is 429 g/mol. The maximum absolute atomic E-state index is 12.1. The zero-order chi connectivity index (χ0) is 21.6. The fourth-order valence-electron chi connectivity index (χ4n) is 2.93. The number of fused-ring (bicyclic) bond motifs is 1. The molecule has 5 heteroatoms. The van der Waals surface area contributed by atoms with Crippen molar-refractivity contribution in [1.29, 1.82) is 0 Å². The molecule has 0 amide bonds. The Morgan fingerprint density at radius 3 is 2.13 bits per heavy atom. The first kappa shape index (κ1) is 20.4. The van der Waals surface area contributed by atoms with Gasteiger partial charge in [0.2, 0.25) is 0 Å². The number of rotatable bonds is 6. The summed E-state index contributed by atoms with van der Waals surface area (Å²) in [5, 5.41) is 1.36. The van der Waals surface area contributed by atoms with E-state index < -0.39 is 5.63 Å². The highest BCUT2D eigenvalue weighted by atomic mass is 35.5. The highest BCUT2D eigenvalue weighted by Gasteiger charge is 2.07. The van der Waals surface area contributed by atoms with Crippen molar-refractivity contribution in [1.82, 2.24) is 0 Å². The fraction of sp³-hybridized carbons (Fsp3) is 0. The van der Waals surface area contributed by atoms with Crippen molar-refractivity contribution in [3.05, 3.63) is 118 Å². The number of benzene rings is 3. The van der Waals surface area contributed by atoms with Crippen molar-refractivity contribution in [3.63, 3.8) is 0 Å². The summed E-state index contributed by atoms with van der Waals surface area (Å²) in [5.41, 5.74) is 1.74. The van der Waals surface area contributed by atoms with Crippen LogP contribution in [0, 0.1) is 0 Å². The molecule has 0 fully saturated rings. The van der Waals surface area contributed by atoms with Crippen LogP contribution in [0.15, 0.2) is 100 Å². The van der Waals surface area contributed by atoms with Crippen LogP contribution >= 0.6 is 11.6 Å². The number of carbonyl (C=O) groups is 1. The zero-order valence-corrected chi connectivity index (χ0v) is 17.1. The van der Waals surface area contributed by atoms with Gasteiger partial charge in [0.05, 0.1) is 11.5 Å². The quantitative estimate of drug-likeness (QED) is 0.258. The molecule has 3 aromatic carbocycles. The summed E-state index contributed by atoms with van der Waals surface area (Å²) < 4.78 is 11.1. The van der Waals surface area contributed by atoms with E-state index in [1.807, 2.05) is 36.4 Å².